The Morgan fingerprint density at radius 2 is 0.867 bits per heavy atom. The van der Waals surface area contributed by atoms with Gasteiger partial charge in [0.25, 0.3) is 0 Å². The zero-order valence-corrected chi connectivity index (χ0v) is 9.71. The fraction of sp³-hybridized carbons (Fsp3) is 0. The summed E-state index contributed by atoms with van der Waals surface area (Å²) in [7, 11) is -0.234. The van der Waals surface area contributed by atoms with Gasteiger partial charge in [0.1, 0.15) is 0 Å². The maximum absolute atomic E-state index is 2.22. The van der Waals surface area contributed by atoms with E-state index in [1.54, 1.807) is 0 Å². The van der Waals surface area contributed by atoms with E-state index in [1.807, 2.05) is 0 Å². The average molecular weight is 224 g/mol. The second-order valence-electron chi connectivity index (χ2n) is 3.15. The molecule has 0 spiro atoms. The smallest absolute Gasteiger partial charge is 0.0875 e. The first kappa shape index (κ1) is 13.5. The van der Waals surface area contributed by atoms with Crippen LogP contribution in [0.3, 0.4) is 0 Å². The zero-order chi connectivity index (χ0) is 8.93. The summed E-state index contributed by atoms with van der Waals surface area (Å²) in [6.45, 7) is 0. The van der Waals surface area contributed by atoms with Crippen molar-refractivity contribution < 1.29 is 9.41 Å². The molecule has 2 aromatic carbocycles. The van der Waals surface area contributed by atoms with Crippen molar-refractivity contribution in [3.63, 3.8) is 0 Å². The number of hydrogen-bond acceptors (Lipinski definition) is 0. The van der Waals surface area contributed by atoms with Gasteiger partial charge in [0.05, 0.1) is 9.52 Å². The fourth-order valence-electron chi connectivity index (χ4n) is 1.43. The van der Waals surface area contributed by atoms with Gasteiger partial charge in [0.15, 0.2) is 0 Å². The van der Waals surface area contributed by atoms with Crippen LogP contribution in [0.25, 0.3) is 0 Å². The maximum Gasteiger partial charge on any atom is 0.0875 e. The fourth-order valence-corrected chi connectivity index (χ4v) is 2.91. The van der Waals surface area contributed by atoms with E-state index in [-0.39, 0.29) is 18.9 Å². The van der Waals surface area contributed by atoms with Gasteiger partial charge in [0, 0.05) is 0 Å². The van der Waals surface area contributed by atoms with Crippen LogP contribution in [0.2, 0.25) is 0 Å². The predicted octanol–water partition coefficient (Wildman–Crippen LogP) is 1.11. The molecule has 0 aliphatic rings. The van der Waals surface area contributed by atoms with Gasteiger partial charge < -0.3 is 0 Å². The molecule has 2 aromatic rings. The third-order valence-electron chi connectivity index (χ3n) is 2.09. The van der Waals surface area contributed by atoms with Crippen LogP contribution in [-0.4, -0.2) is 9.52 Å². The first-order valence-corrected chi connectivity index (χ1v) is 5.94. The van der Waals surface area contributed by atoms with Gasteiger partial charge in [0.2, 0.25) is 0 Å². The van der Waals surface area contributed by atoms with E-state index in [4.69, 9.17) is 0 Å². The minimum Gasteiger partial charge on any atom is -0.269 e. The second-order valence-corrected chi connectivity index (χ2v) is 5.13. The molecule has 0 radical (unpaired) electrons. The highest BCUT2D eigenvalue weighted by molar-refractivity contribution is 6.67. The quantitative estimate of drug-likeness (QED) is 0.670. The van der Waals surface area contributed by atoms with E-state index in [0.29, 0.717) is 0 Å². The Labute approximate surface area is 90.5 Å². The molecule has 80 valence electrons. The van der Waals surface area contributed by atoms with Crippen LogP contribution < -0.4 is 10.4 Å². The largest absolute Gasteiger partial charge is 0.269 e. The highest BCUT2D eigenvalue weighted by Gasteiger charge is 1.93. The first-order valence-electron chi connectivity index (χ1n) is 4.53. The van der Waals surface area contributed by atoms with Crippen LogP contribution in [0.5, 0.6) is 0 Å². The molecule has 3 heteroatoms. The summed E-state index contributed by atoms with van der Waals surface area (Å²) in [5, 5.41) is 3.02. The van der Waals surface area contributed by atoms with Crippen LogP contribution in [0.15, 0.2) is 60.7 Å². The standard InChI is InChI=1S/C12H12Si.2FH/c1-3-7-11(8-4-1)13-12-9-5-2-6-10-12;;/h1-10H,13H2;2*1H. The summed E-state index contributed by atoms with van der Waals surface area (Å²) < 4.78 is 0. The van der Waals surface area contributed by atoms with Crippen molar-refractivity contribution in [1.82, 2.24) is 0 Å². The lowest BCUT2D eigenvalue weighted by Crippen LogP contribution is -2.26. The van der Waals surface area contributed by atoms with Crippen molar-refractivity contribution in [3.8, 4) is 0 Å². The lowest BCUT2D eigenvalue weighted by atomic mass is 10.4. The van der Waals surface area contributed by atoms with Crippen LogP contribution in [-0.2, 0) is 0 Å². The minimum atomic E-state index is -0.234. The van der Waals surface area contributed by atoms with E-state index in [0.717, 1.165) is 0 Å². The molecule has 0 fully saturated rings. The molecule has 0 saturated carbocycles. The maximum atomic E-state index is 2.22. The van der Waals surface area contributed by atoms with Gasteiger partial charge in [-0.2, -0.15) is 0 Å². The van der Waals surface area contributed by atoms with E-state index in [9.17, 15) is 0 Å². The molecule has 15 heavy (non-hydrogen) atoms. The minimum absolute atomic E-state index is 0. The summed E-state index contributed by atoms with van der Waals surface area (Å²) in [4.78, 5) is 0. The highest BCUT2D eigenvalue weighted by Crippen LogP contribution is 1.84. The third-order valence-corrected chi connectivity index (χ3v) is 3.85. The summed E-state index contributed by atoms with van der Waals surface area (Å²) in [5.74, 6) is 0. The molecule has 0 nitrogen and oxygen atoms in total. The molecule has 0 bridgehead atoms. The van der Waals surface area contributed by atoms with Gasteiger partial charge in [-0.15, -0.1) is 0 Å². The topological polar surface area (TPSA) is 0 Å². The van der Waals surface area contributed by atoms with E-state index < -0.39 is 0 Å². The molecule has 0 amide bonds. The van der Waals surface area contributed by atoms with Crippen LogP contribution >= 0.6 is 0 Å². The van der Waals surface area contributed by atoms with Crippen molar-refractivity contribution in [2.24, 2.45) is 0 Å². The average Bonchev–Trinajstić information content (AvgIpc) is 2.21. The molecule has 0 aliphatic carbocycles. The van der Waals surface area contributed by atoms with Crippen LogP contribution in [0.1, 0.15) is 0 Å². The molecule has 0 atom stereocenters. The first-order chi connectivity index (χ1) is 6.45. The Kier molecular flexibility index (Phi) is 6.21. The Balaban J connectivity index is 0.000000980. The van der Waals surface area contributed by atoms with Crippen LogP contribution in [0.4, 0.5) is 9.41 Å². The summed E-state index contributed by atoms with van der Waals surface area (Å²) >= 11 is 0. The number of hydrogen-bond donors (Lipinski definition) is 0. The van der Waals surface area contributed by atoms with E-state index >= 15 is 0 Å². The van der Waals surface area contributed by atoms with Crippen LogP contribution in [0, 0.1) is 0 Å². The Morgan fingerprint density at radius 3 is 1.20 bits per heavy atom. The molecular weight excluding hydrogens is 210 g/mol. The lowest BCUT2D eigenvalue weighted by molar-refractivity contribution is 1.11. The molecule has 0 aromatic heterocycles. The summed E-state index contributed by atoms with van der Waals surface area (Å²) in [5.41, 5.74) is 0. The molecular formula is C12H14F2Si. The van der Waals surface area contributed by atoms with Crippen molar-refractivity contribution >= 4 is 19.9 Å². The Morgan fingerprint density at radius 1 is 0.533 bits per heavy atom. The molecule has 0 N–H and O–H groups in total. The number of benzene rings is 2. The lowest BCUT2D eigenvalue weighted by Gasteiger charge is -1.99. The Bertz CT molecular complexity index is 324. The van der Waals surface area contributed by atoms with E-state index in [2.05, 4.69) is 60.7 Å². The highest BCUT2D eigenvalue weighted by atomic mass is 28.2. The number of halogens is 2. The number of rotatable bonds is 2. The van der Waals surface area contributed by atoms with Gasteiger partial charge >= 0.3 is 0 Å². The third kappa shape index (κ3) is 4.04. The van der Waals surface area contributed by atoms with Gasteiger partial charge in [-0.25, -0.2) is 0 Å². The van der Waals surface area contributed by atoms with Gasteiger partial charge in [-0.05, 0) is 0 Å². The van der Waals surface area contributed by atoms with Crippen molar-refractivity contribution in [2.75, 3.05) is 0 Å². The Hall–Kier alpha value is -1.48. The normalized spacial score (nSPS) is 8.53. The second kappa shape index (κ2) is 6.90. The molecule has 0 saturated heterocycles. The van der Waals surface area contributed by atoms with Crippen molar-refractivity contribution in [2.45, 2.75) is 0 Å². The SMILES string of the molecule is F.F.c1ccc([SiH2]c2ccccc2)cc1. The molecule has 0 aliphatic heterocycles. The van der Waals surface area contributed by atoms with Gasteiger partial charge in [-0.3, -0.25) is 9.41 Å². The molecule has 0 unspecified atom stereocenters. The van der Waals surface area contributed by atoms with Gasteiger partial charge in [-0.1, -0.05) is 71.0 Å². The molecule has 0 heterocycles. The van der Waals surface area contributed by atoms with Crippen molar-refractivity contribution in [3.05, 3.63) is 60.7 Å². The monoisotopic (exact) mass is 224 g/mol. The zero-order valence-electron chi connectivity index (χ0n) is 8.30. The van der Waals surface area contributed by atoms with Crippen molar-refractivity contribution in [1.29, 1.82) is 0 Å². The summed E-state index contributed by atoms with van der Waals surface area (Å²) in [6.07, 6.45) is 0. The molecule has 2 rings (SSSR count). The summed E-state index contributed by atoms with van der Waals surface area (Å²) in [6, 6.07) is 21.5. The predicted molar refractivity (Wildman–Crippen MR) is 65.7 cm³/mol. The van der Waals surface area contributed by atoms with E-state index in [1.165, 1.54) is 10.4 Å².